The zero-order chi connectivity index (χ0) is 13.9. The minimum atomic E-state index is 0.0277. The zero-order valence-corrected chi connectivity index (χ0v) is 11.6. The summed E-state index contributed by atoms with van der Waals surface area (Å²) < 4.78 is 1.68. The summed E-state index contributed by atoms with van der Waals surface area (Å²) in [5.41, 5.74) is 1.38. The van der Waals surface area contributed by atoms with Gasteiger partial charge in [0.2, 0.25) is 0 Å². The normalized spacial score (nSPS) is 19.8. The van der Waals surface area contributed by atoms with E-state index in [1.807, 2.05) is 11.9 Å². The van der Waals surface area contributed by atoms with E-state index < -0.39 is 0 Å². The first-order chi connectivity index (χ1) is 9.77. The predicted octanol–water partition coefficient (Wildman–Crippen LogP) is 0.943. The molecule has 0 aliphatic carbocycles. The van der Waals surface area contributed by atoms with Gasteiger partial charge in [-0.2, -0.15) is 5.10 Å². The Labute approximate surface area is 117 Å². The highest BCUT2D eigenvalue weighted by atomic mass is 16.2. The first kappa shape index (κ1) is 13.1. The molecule has 1 atom stereocenters. The Hall–Kier alpha value is -1.95. The number of carbonyl (C=O) groups is 1. The lowest BCUT2D eigenvalue weighted by Crippen LogP contribution is -2.37. The van der Waals surface area contributed by atoms with Crippen molar-refractivity contribution in [2.45, 2.75) is 25.3 Å². The summed E-state index contributed by atoms with van der Waals surface area (Å²) in [5, 5.41) is 7.57. The molecule has 1 fully saturated rings. The Balaban J connectivity index is 1.84. The van der Waals surface area contributed by atoms with Crippen molar-refractivity contribution >= 4 is 11.4 Å². The fourth-order valence-corrected chi connectivity index (χ4v) is 2.74. The molecule has 1 saturated heterocycles. The van der Waals surface area contributed by atoms with Gasteiger partial charge < -0.3 is 10.2 Å². The largest absolute Gasteiger partial charge is 0.339 e. The van der Waals surface area contributed by atoms with Crippen LogP contribution in [0.1, 0.15) is 29.6 Å². The standard InChI is InChI=1S/C14H19N5O/c1-18(11-3-2-5-15-6-4-11)14(20)12-9-17-19-8-7-16-10-13(12)19/h7-11,15H,2-6H2,1H3. The van der Waals surface area contributed by atoms with Gasteiger partial charge in [-0.15, -0.1) is 0 Å². The van der Waals surface area contributed by atoms with Gasteiger partial charge in [0.05, 0.1) is 23.5 Å². The van der Waals surface area contributed by atoms with E-state index in [2.05, 4.69) is 15.4 Å². The van der Waals surface area contributed by atoms with E-state index >= 15 is 0 Å². The van der Waals surface area contributed by atoms with Crippen molar-refractivity contribution in [2.24, 2.45) is 0 Å². The van der Waals surface area contributed by atoms with Crippen LogP contribution in [0.2, 0.25) is 0 Å². The second-order valence-corrected chi connectivity index (χ2v) is 5.22. The van der Waals surface area contributed by atoms with Crippen LogP contribution in [0.5, 0.6) is 0 Å². The molecule has 0 saturated carbocycles. The van der Waals surface area contributed by atoms with Gasteiger partial charge in [-0.05, 0) is 32.4 Å². The Bertz CT molecular complexity index is 600. The van der Waals surface area contributed by atoms with Gasteiger partial charge in [-0.1, -0.05) is 0 Å². The van der Waals surface area contributed by atoms with Gasteiger partial charge >= 0.3 is 0 Å². The third kappa shape index (κ3) is 2.38. The van der Waals surface area contributed by atoms with E-state index in [1.165, 1.54) is 0 Å². The maximum atomic E-state index is 12.7. The number of amides is 1. The molecule has 0 bridgehead atoms. The predicted molar refractivity (Wildman–Crippen MR) is 75.6 cm³/mol. The molecule has 0 spiro atoms. The molecule has 2 aromatic heterocycles. The smallest absolute Gasteiger partial charge is 0.257 e. The van der Waals surface area contributed by atoms with Crippen LogP contribution in [-0.4, -0.2) is 51.6 Å². The number of nitrogens with one attached hydrogen (secondary N) is 1. The second-order valence-electron chi connectivity index (χ2n) is 5.22. The molecule has 3 heterocycles. The van der Waals surface area contributed by atoms with E-state index in [4.69, 9.17) is 0 Å². The third-order valence-corrected chi connectivity index (χ3v) is 3.97. The van der Waals surface area contributed by atoms with Crippen LogP contribution in [0.4, 0.5) is 0 Å². The average molecular weight is 273 g/mol. The van der Waals surface area contributed by atoms with Crippen molar-refractivity contribution in [1.82, 2.24) is 24.8 Å². The van der Waals surface area contributed by atoms with Crippen LogP contribution in [0.25, 0.3) is 5.52 Å². The van der Waals surface area contributed by atoms with Crippen molar-refractivity contribution < 1.29 is 4.79 Å². The van der Waals surface area contributed by atoms with Crippen LogP contribution < -0.4 is 5.32 Å². The van der Waals surface area contributed by atoms with E-state index in [0.717, 1.165) is 37.9 Å². The highest BCUT2D eigenvalue weighted by molar-refractivity contribution is 6.00. The number of nitrogens with zero attached hydrogens (tertiary/aromatic N) is 4. The molecule has 1 N–H and O–H groups in total. The first-order valence-electron chi connectivity index (χ1n) is 7.02. The number of rotatable bonds is 2. The summed E-state index contributed by atoms with van der Waals surface area (Å²) in [6.07, 6.45) is 9.88. The number of aromatic nitrogens is 3. The average Bonchev–Trinajstić information content (AvgIpc) is 2.72. The quantitative estimate of drug-likeness (QED) is 0.884. The van der Waals surface area contributed by atoms with Crippen molar-refractivity contribution in [2.75, 3.05) is 20.1 Å². The minimum Gasteiger partial charge on any atom is -0.339 e. The molecule has 20 heavy (non-hydrogen) atoms. The van der Waals surface area contributed by atoms with Crippen LogP contribution in [0.15, 0.2) is 24.8 Å². The maximum Gasteiger partial charge on any atom is 0.257 e. The van der Waals surface area contributed by atoms with E-state index in [-0.39, 0.29) is 5.91 Å². The molecule has 0 aromatic carbocycles. The summed E-state index contributed by atoms with van der Waals surface area (Å²) in [4.78, 5) is 18.6. The monoisotopic (exact) mass is 273 g/mol. The van der Waals surface area contributed by atoms with Gasteiger partial charge in [0, 0.05) is 25.5 Å². The Morgan fingerprint density at radius 1 is 1.40 bits per heavy atom. The Morgan fingerprint density at radius 2 is 2.30 bits per heavy atom. The maximum absolute atomic E-state index is 12.7. The molecular formula is C14H19N5O. The molecule has 1 aliphatic rings. The SMILES string of the molecule is CN(C(=O)c1cnn2ccncc12)C1CCCNCC1. The van der Waals surface area contributed by atoms with Crippen LogP contribution >= 0.6 is 0 Å². The van der Waals surface area contributed by atoms with Gasteiger partial charge in [0.15, 0.2) is 0 Å². The number of carbonyl (C=O) groups excluding carboxylic acids is 1. The highest BCUT2D eigenvalue weighted by Gasteiger charge is 2.24. The second kappa shape index (κ2) is 5.58. The third-order valence-electron chi connectivity index (χ3n) is 3.97. The van der Waals surface area contributed by atoms with Crippen molar-refractivity contribution in [3.05, 3.63) is 30.4 Å². The number of hydrogen-bond donors (Lipinski definition) is 1. The van der Waals surface area contributed by atoms with Crippen LogP contribution in [-0.2, 0) is 0 Å². The topological polar surface area (TPSA) is 62.5 Å². The molecular weight excluding hydrogens is 254 g/mol. The van der Waals surface area contributed by atoms with E-state index in [9.17, 15) is 4.79 Å². The Morgan fingerprint density at radius 3 is 3.20 bits per heavy atom. The zero-order valence-electron chi connectivity index (χ0n) is 11.6. The molecule has 1 aliphatic heterocycles. The summed E-state index contributed by atoms with van der Waals surface area (Å²) >= 11 is 0. The fourth-order valence-electron chi connectivity index (χ4n) is 2.74. The lowest BCUT2D eigenvalue weighted by Gasteiger charge is -2.26. The van der Waals surface area contributed by atoms with Gasteiger partial charge in [0.1, 0.15) is 0 Å². The van der Waals surface area contributed by atoms with Crippen LogP contribution in [0.3, 0.4) is 0 Å². The lowest BCUT2D eigenvalue weighted by molar-refractivity contribution is 0.0722. The molecule has 1 amide bonds. The molecule has 3 rings (SSSR count). The van der Waals surface area contributed by atoms with Crippen molar-refractivity contribution in [3.8, 4) is 0 Å². The summed E-state index contributed by atoms with van der Waals surface area (Å²) in [5.74, 6) is 0.0277. The first-order valence-corrected chi connectivity index (χ1v) is 7.02. The number of fused-ring (bicyclic) bond motifs is 1. The summed E-state index contributed by atoms with van der Waals surface area (Å²) in [6.45, 7) is 2.01. The molecule has 6 heteroatoms. The molecule has 106 valence electrons. The van der Waals surface area contributed by atoms with Crippen molar-refractivity contribution in [3.63, 3.8) is 0 Å². The highest BCUT2D eigenvalue weighted by Crippen LogP contribution is 2.17. The van der Waals surface area contributed by atoms with Gasteiger partial charge in [-0.3, -0.25) is 9.78 Å². The van der Waals surface area contributed by atoms with E-state index in [0.29, 0.717) is 11.6 Å². The van der Waals surface area contributed by atoms with Gasteiger partial charge in [-0.25, -0.2) is 4.52 Å². The lowest BCUT2D eigenvalue weighted by atomic mass is 10.1. The van der Waals surface area contributed by atoms with Crippen LogP contribution in [0, 0.1) is 0 Å². The Kier molecular flexibility index (Phi) is 3.64. The molecule has 6 nitrogen and oxygen atoms in total. The molecule has 2 aromatic rings. The molecule has 1 unspecified atom stereocenters. The molecule has 0 radical (unpaired) electrons. The van der Waals surface area contributed by atoms with E-state index in [1.54, 1.807) is 29.3 Å². The van der Waals surface area contributed by atoms with Crippen molar-refractivity contribution in [1.29, 1.82) is 0 Å². The van der Waals surface area contributed by atoms with Gasteiger partial charge in [0.25, 0.3) is 5.91 Å². The summed E-state index contributed by atoms with van der Waals surface area (Å²) in [7, 11) is 1.89. The fraction of sp³-hybridized carbons (Fsp3) is 0.500. The minimum absolute atomic E-state index is 0.0277. The summed E-state index contributed by atoms with van der Waals surface area (Å²) in [6, 6.07) is 0.295. The number of hydrogen-bond acceptors (Lipinski definition) is 4.